The molecule has 1 aromatic carbocycles. The van der Waals surface area contributed by atoms with Crippen molar-refractivity contribution in [2.75, 3.05) is 13.1 Å². The van der Waals surface area contributed by atoms with E-state index in [0.717, 1.165) is 30.4 Å². The van der Waals surface area contributed by atoms with Crippen molar-refractivity contribution in [1.82, 2.24) is 19.2 Å². The first-order valence-corrected chi connectivity index (χ1v) is 9.79. The smallest absolute Gasteiger partial charge is 0.199 e. The minimum Gasteiger partial charge on any atom is -0.484 e. The number of hydrogen-bond acceptors (Lipinski definition) is 4. The predicted molar refractivity (Wildman–Crippen MR) is 101 cm³/mol. The summed E-state index contributed by atoms with van der Waals surface area (Å²) in [6.45, 7) is 3.42. The zero-order valence-electron chi connectivity index (χ0n) is 14.2. The average molecular weight is 379 g/mol. The molecular weight excluding hydrogens is 356 g/mol. The molecule has 2 fully saturated rings. The van der Waals surface area contributed by atoms with Gasteiger partial charge in [-0.3, -0.25) is 9.47 Å². The van der Waals surface area contributed by atoms with Crippen LogP contribution in [0.2, 0.25) is 5.02 Å². The van der Waals surface area contributed by atoms with Crippen LogP contribution in [0.25, 0.3) is 0 Å². The van der Waals surface area contributed by atoms with Crippen molar-refractivity contribution in [1.29, 1.82) is 0 Å². The van der Waals surface area contributed by atoms with E-state index < -0.39 is 0 Å². The summed E-state index contributed by atoms with van der Waals surface area (Å²) >= 11 is 11.9. The van der Waals surface area contributed by atoms with Gasteiger partial charge in [0.2, 0.25) is 0 Å². The Morgan fingerprint density at radius 1 is 1.16 bits per heavy atom. The van der Waals surface area contributed by atoms with Gasteiger partial charge in [-0.25, -0.2) is 4.68 Å². The number of nitrogens with zero attached hydrogens (tertiary/aromatic N) is 4. The molecule has 4 rings (SSSR count). The number of aromatic nitrogens is 3. The van der Waals surface area contributed by atoms with Gasteiger partial charge in [-0.2, -0.15) is 5.10 Å². The van der Waals surface area contributed by atoms with E-state index in [-0.39, 0.29) is 0 Å². The highest BCUT2D eigenvalue weighted by Crippen LogP contribution is 2.36. The minimum atomic E-state index is 0.386. The lowest BCUT2D eigenvalue weighted by molar-refractivity contribution is 0.171. The van der Waals surface area contributed by atoms with Gasteiger partial charge in [0.25, 0.3) is 0 Å². The molecule has 0 unspecified atom stereocenters. The van der Waals surface area contributed by atoms with Crippen LogP contribution in [-0.4, -0.2) is 32.3 Å². The van der Waals surface area contributed by atoms with E-state index in [0.29, 0.717) is 23.4 Å². The number of para-hydroxylation sites is 1. The van der Waals surface area contributed by atoms with Crippen molar-refractivity contribution in [3.05, 3.63) is 39.9 Å². The molecule has 5 nitrogen and oxygen atoms in total. The molecule has 0 bridgehead atoms. The molecule has 0 radical (unpaired) electrons. The van der Waals surface area contributed by atoms with Crippen molar-refractivity contribution >= 4 is 23.8 Å². The summed E-state index contributed by atoms with van der Waals surface area (Å²) in [6, 6.07) is 8.01. The van der Waals surface area contributed by atoms with E-state index in [1.807, 2.05) is 28.9 Å². The van der Waals surface area contributed by atoms with E-state index in [2.05, 4.69) is 9.47 Å². The van der Waals surface area contributed by atoms with Crippen LogP contribution in [0.3, 0.4) is 0 Å². The van der Waals surface area contributed by atoms with Crippen LogP contribution in [0.5, 0.6) is 5.75 Å². The van der Waals surface area contributed by atoms with E-state index in [1.54, 1.807) is 0 Å². The van der Waals surface area contributed by atoms with Crippen LogP contribution in [-0.2, 0) is 13.3 Å². The molecule has 0 spiro atoms. The molecule has 7 heteroatoms. The first-order chi connectivity index (χ1) is 12.2. The van der Waals surface area contributed by atoms with Crippen LogP contribution >= 0.6 is 23.8 Å². The SMILES string of the molecule is S=c1n(CN2CCCCC2)nc(COc2ccccc2Cl)n1C1CC1. The standard InChI is InChI=1S/C18H23ClN4OS/c19-15-6-2-3-7-16(15)24-12-17-20-22(13-21-10-4-1-5-11-21)18(25)23(17)14-8-9-14/h2-3,6-7,14H,1,4-5,8-13H2. The Bertz CT molecular complexity index is 793. The number of ether oxygens (including phenoxy) is 1. The fourth-order valence-corrected chi connectivity index (χ4v) is 3.89. The first kappa shape index (κ1) is 17.1. The molecule has 1 aliphatic carbocycles. The van der Waals surface area contributed by atoms with Gasteiger partial charge in [0.1, 0.15) is 12.4 Å². The highest BCUT2D eigenvalue weighted by molar-refractivity contribution is 7.71. The minimum absolute atomic E-state index is 0.386. The molecule has 1 saturated carbocycles. The molecule has 1 aliphatic heterocycles. The highest BCUT2D eigenvalue weighted by Gasteiger charge is 2.29. The van der Waals surface area contributed by atoms with E-state index >= 15 is 0 Å². The van der Waals surface area contributed by atoms with Crippen molar-refractivity contribution in [2.45, 2.75) is 51.4 Å². The lowest BCUT2D eigenvalue weighted by atomic mass is 10.1. The van der Waals surface area contributed by atoms with E-state index in [4.69, 9.17) is 33.7 Å². The molecule has 25 heavy (non-hydrogen) atoms. The fraction of sp³-hybridized carbons (Fsp3) is 0.556. The largest absolute Gasteiger partial charge is 0.484 e. The maximum Gasteiger partial charge on any atom is 0.199 e. The fourth-order valence-electron chi connectivity index (χ4n) is 3.35. The van der Waals surface area contributed by atoms with Gasteiger partial charge in [-0.05, 0) is 63.1 Å². The lowest BCUT2D eigenvalue weighted by Gasteiger charge is -2.25. The number of likely N-dealkylation sites (tertiary alicyclic amines) is 1. The molecule has 0 N–H and O–H groups in total. The zero-order chi connectivity index (χ0) is 17.2. The monoisotopic (exact) mass is 378 g/mol. The second-order valence-electron chi connectivity index (χ2n) is 6.84. The second kappa shape index (κ2) is 7.48. The van der Waals surface area contributed by atoms with Gasteiger partial charge in [0.05, 0.1) is 11.7 Å². The van der Waals surface area contributed by atoms with Crippen LogP contribution in [0.1, 0.15) is 44.0 Å². The topological polar surface area (TPSA) is 35.2 Å². The number of rotatable bonds is 6. The summed E-state index contributed by atoms with van der Waals surface area (Å²) in [5.74, 6) is 1.58. The number of piperidine rings is 1. The van der Waals surface area contributed by atoms with E-state index in [9.17, 15) is 0 Å². The Balaban J connectivity index is 1.53. The van der Waals surface area contributed by atoms with Gasteiger partial charge in [0, 0.05) is 6.04 Å². The number of benzene rings is 1. The van der Waals surface area contributed by atoms with Crippen LogP contribution < -0.4 is 4.74 Å². The molecule has 134 valence electrons. The van der Waals surface area contributed by atoms with Crippen molar-refractivity contribution in [3.8, 4) is 5.75 Å². The number of halogens is 1. The van der Waals surface area contributed by atoms with Gasteiger partial charge in [-0.15, -0.1) is 0 Å². The Morgan fingerprint density at radius 2 is 1.92 bits per heavy atom. The molecule has 0 amide bonds. The third kappa shape index (κ3) is 3.91. The molecule has 2 heterocycles. The summed E-state index contributed by atoms with van der Waals surface area (Å²) in [5.41, 5.74) is 0. The van der Waals surface area contributed by atoms with Crippen LogP contribution in [0.4, 0.5) is 0 Å². The molecule has 1 saturated heterocycles. The summed E-state index contributed by atoms with van der Waals surface area (Å²) in [7, 11) is 0. The number of hydrogen-bond donors (Lipinski definition) is 0. The van der Waals surface area contributed by atoms with E-state index in [1.165, 1.54) is 32.1 Å². The summed E-state index contributed by atoms with van der Waals surface area (Å²) in [4.78, 5) is 2.43. The van der Waals surface area contributed by atoms with Crippen molar-refractivity contribution in [3.63, 3.8) is 0 Å². The molecule has 2 aliphatic rings. The Kier molecular flexibility index (Phi) is 5.10. The highest BCUT2D eigenvalue weighted by atomic mass is 35.5. The van der Waals surface area contributed by atoms with Gasteiger partial charge >= 0.3 is 0 Å². The maximum absolute atomic E-state index is 6.19. The van der Waals surface area contributed by atoms with Crippen molar-refractivity contribution in [2.24, 2.45) is 0 Å². The maximum atomic E-state index is 6.19. The predicted octanol–water partition coefficient (Wildman–Crippen LogP) is 4.42. The third-order valence-corrected chi connectivity index (χ3v) is 5.55. The summed E-state index contributed by atoms with van der Waals surface area (Å²) < 4.78 is 10.9. The zero-order valence-corrected chi connectivity index (χ0v) is 15.8. The summed E-state index contributed by atoms with van der Waals surface area (Å²) in [5, 5.41) is 5.39. The Labute approximate surface area is 158 Å². The van der Waals surface area contributed by atoms with Crippen LogP contribution in [0.15, 0.2) is 24.3 Å². The average Bonchev–Trinajstić information content (AvgIpc) is 3.41. The van der Waals surface area contributed by atoms with Gasteiger partial charge < -0.3 is 4.74 Å². The Morgan fingerprint density at radius 3 is 2.64 bits per heavy atom. The summed E-state index contributed by atoms with van der Waals surface area (Å²) in [6.07, 6.45) is 6.19. The quantitative estimate of drug-likeness (QED) is 0.697. The molecule has 0 atom stereocenters. The first-order valence-electron chi connectivity index (χ1n) is 9.00. The Hall–Kier alpha value is -1.37. The van der Waals surface area contributed by atoms with Crippen LogP contribution in [0, 0.1) is 4.77 Å². The van der Waals surface area contributed by atoms with Gasteiger partial charge in [-0.1, -0.05) is 30.2 Å². The van der Waals surface area contributed by atoms with Crippen molar-refractivity contribution < 1.29 is 4.74 Å². The normalized spacial score (nSPS) is 18.4. The lowest BCUT2D eigenvalue weighted by Crippen LogP contribution is -2.32. The third-order valence-electron chi connectivity index (χ3n) is 4.83. The second-order valence-corrected chi connectivity index (χ2v) is 7.61. The molecule has 1 aromatic heterocycles. The molecule has 2 aromatic rings. The molecular formula is C18H23ClN4OS. The van der Waals surface area contributed by atoms with Gasteiger partial charge in [0.15, 0.2) is 10.6 Å².